The number of amides is 1. The highest BCUT2D eigenvalue weighted by Gasteiger charge is 2.36. The number of hydrogen-bond acceptors (Lipinski definition) is 8. The molecule has 9 nitrogen and oxygen atoms in total. The van der Waals surface area contributed by atoms with Gasteiger partial charge in [-0.25, -0.2) is 4.68 Å². The molecule has 4 aromatic carbocycles. The molecule has 2 heterocycles. The van der Waals surface area contributed by atoms with Crippen molar-refractivity contribution in [3.8, 4) is 17.2 Å². The molecule has 1 atom stereocenters. The van der Waals surface area contributed by atoms with Crippen molar-refractivity contribution in [2.75, 3.05) is 24.4 Å². The highest BCUT2D eigenvalue weighted by molar-refractivity contribution is 9.10. The molecule has 0 saturated carbocycles. The van der Waals surface area contributed by atoms with Crippen LogP contribution in [0.15, 0.2) is 106 Å². The van der Waals surface area contributed by atoms with E-state index in [1.165, 1.54) is 11.8 Å². The fourth-order valence-electron chi connectivity index (χ4n) is 5.56. The number of methoxy groups -OCH3 is 1. The first-order chi connectivity index (χ1) is 23.8. The number of carbonyl (C=O) groups excluding carboxylic acids is 1. The maximum absolute atomic E-state index is 14.2. The first kappa shape index (κ1) is 34.4. The van der Waals surface area contributed by atoms with Crippen LogP contribution in [0.2, 0.25) is 5.02 Å². The van der Waals surface area contributed by atoms with Crippen LogP contribution in [0, 0.1) is 6.92 Å². The number of thioether (sulfide) groups is 1. The Balaban J connectivity index is 1.40. The fourth-order valence-corrected chi connectivity index (χ4v) is 7.25. The van der Waals surface area contributed by atoms with Gasteiger partial charge in [0.15, 0.2) is 11.5 Å². The molecule has 1 aromatic heterocycles. The Hall–Kier alpha value is -4.45. The number of fused-ring (bicyclic) bond motifs is 1. The molecule has 1 amide bonds. The number of halogens is 2. The zero-order valence-electron chi connectivity index (χ0n) is 27.4. The minimum Gasteiger partial charge on any atom is -0.495 e. The zero-order chi connectivity index (χ0) is 34.5. The van der Waals surface area contributed by atoms with E-state index in [0.717, 1.165) is 22.3 Å². The van der Waals surface area contributed by atoms with Crippen molar-refractivity contribution in [1.82, 2.24) is 14.8 Å². The molecule has 0 bridgehead atoms. The molecule has 0 saturated heterocycles. The summed E-state index contributed by atoms with van der Waals surface area (Å²) >= 11 is 11.7. The van der Waals surface area contributed by atoms with Crippen molar-refractivity contribution in [2.45, 2.75) is 44.3 Å². The summed E-state index contributed by atoms with van der Waals surface area (Å²) in [7, 11) is 1.57. The molecule has 1 unspecified atom stereocenters. The van der Waals surface area contributed by atoms with Crippen LogP contribution >= 0.6 is 39.3 Å². The second-order valence-electron chi connectivity index (χ2n) is 11.2. The molecular formula is C37H35BrClN5O4S. The zero-order valence-corrected chi connectivity index (χ0v) is 30.6. The van der Waals surface area contributed by atoms with E-state index < -0.39 is 6.04 Å². The Morgan fingerprint density at radius 1 is 1.00 bits per heavy atom. The maximum Gasteiger partial charge on any atom is 0.255 e. The smallest absolute Gasteiger partial charge is 0.255 e. The molecule has 5 aromatic rings. The van der Waals surface area contributed by atoms with E-state index in [0.29, 0.717) is 73.8 Å². The minimum absolute atomic E-state index is 0.320. The molecule has 0 radical (unpaired) electrons. The lowest BCUT2D eigenvalue weighted by molar-refractivity contribution is -0.113. The van der Waals surface area contributed by atoms with Crippen LogP contribution in [-0.4, -0.2) is 34.4 Å². The van der Waals surface area contributed by atoms with Gasteiger partial charge >= 0.3 is 0 Å². The predicted octanol–water partition coefficient (Wildman–Crippen LogP) is 9.21. The van der Waals surface area contributed by atoms with Crippen molar-refractivity contribution < 1.29 is 19.0 Å². The summed E-state index contributed by atoms with van der Waals surface area (Å²) in [6, 6.07) is 26.3. The summed E-state index contributed by atoms with van der Waals surface area (Å²) in [6.07, 6.45) is 0. The summed E-state index contributed by atoms with van der Waals surface area (Å²) in [5.41, 5.74) is 5.56. The third kappa shape index (κ3) is 7.59. The Labute approximate surface area is 303 Å². The van der Waals surface area contributed by atoms with Crippen LogP contribution in [0.25, 0.3) is 0 Å². The van der Waals surface area contributed by atoms with Crippen LogP contribution < -0.4 is 24.8 Å². The predicted molar refractivity (Wildman–Crippen MR) is 198 cm³/mol. The van der Waals surface area contributed by atoms with Gasteiger partial charge in [0.1, 0.15) is 18.4 Å². The number of hydrogen-bond donors (Lipinski definition) is 2. The van der Waals surface area contributed by atoms with E-state index in [2.05, 4.69) is 39.6 Å². The topological polar surface area (TPSA) is 99.5 Å². The van der Waals surface area contributed by atoms with Gasteiger partial charge in [-0.3, -0.25) is 4.79 Å². The van der Waals surface area contributed by atoms with Crippen molar-refractivity contribution in [2.24, 2.45) is 0 Å². The first-order valence-electron chi connectivity index (χ1n) is 15.7. The van der Waals surface area contributed by atoms with Crippen LogP contribution in [0.4, 0.5) is 11.6 Å². The highest BCUT2D eigenvalue weighted by Crippen LogP contribution is 2.44. The van der Waals surface area contributed by atoms with Gasteiger partial charge in [0.25, 0.3) is 5.91 Å². The second-order valence-corrected chi connectivity index (χ2v) is 13.4. The maximum atomic E-state index is 14.2. The van der Waals surface area contributed by atoms with Gasteiger partial charge in [0.2, 0.25) is 11.1 Å². The molecule has 1 aliphatic rings. The molecule has 0 spiro atoms. The van der Waals surface area contributed by atoms with Gasteiger partial charge in [-0.1, -0.05) is 78.0 Å². The molecule has 252 valence electrons. The Morgan fingerprint density at radius 3 is 2.49 bits per heavy atom. The Morgan fingerprint density at radius 2 is 1.73 bits per heavy atom. The lowest BCUT2D eigenvalue weighted by Gasteiger charge is -2.29. The SMILES string of the molecule is CCOc1cc(C2C(C(=O)Nc3ccccc3OC)=C(C)Nc3nc(SCc4ccccc4Cl)nn32)cc(Br)c1OCc1ccccc1C. The van der Waals surface area contributed by atoms with Gasteiger partial charge in [0.05, 0.1) is 29.4 Å². The molecule has 0 aliphatic carbocycles. The van der Waals surface area contributed by atoms with Crippen molar-refractivity contribution in [3.63, 3.8) is 0 Å². The van der Waals surface area contributed by atoms with Crippen molar-refractivity contribution in [1.29, 1.82) is 0 Å². The molecular weight excluding hydrogens is 726 g/mol. The van der Waals surface area contributed by atoms with E-state index in [4.69, 9.17) is 35.9 Å². The molecule has 2 N–H and O–H groups in total. The molecule has 12 heteroatoms. The number of nitrogens with one attached hydrogen (secondary N) is 2. The standard InChI is InChI=1S/C37H35BrClN5O4S/c1-5-47-31-19-26(18-27(38)34(31)48-20-24-13-7-6-12-22(24)2)33-32(35(45)41-29-16-10-11-17-30(29)46-4)23(3)40-36-42-37(43-44(33)36)49-21-25-14-8-9-15-28(25)39/h6-19,33H,5,20-21H2,1-4H3,(H,41,45)(H,40,42,43). The van der Waals surface area contributed by atoms with Crippen molar-refractivity contribution >= 4 is 56.8 Å². The van der Waals surface area contributed by atoms with E-state index in [1.54, 1.807) is 23.9 Å². The summed E-state index contributed by atoms with van der Waals surface area (Å²) in [6.45, 7) is 6.61. The Bertz CT molecular complexity index is 2030. The number of allylic oxidation sites excluding steroid dienone is 1. The monoisotopic (exact) mass is 759 g/mol. The summed E-state index contributed by atoms with van der Waals surface area (Å²) in [4.78, 5) is 19.0. The number of para-hydroxylation sites is 2. The molecule has 1 aliphatic heterocycles. The number of carbonyl (C=O) groups is 1. The van der Waals surface area contributed by atoms with Crippen molar-refractivity contribution in [3.05, 3.63) is 128 Å². The lowest BCUT2D eigenvalue weighted by atomic mass is 9.94. The first-order valence-corrected chi connectivity index (χ1v) is 17.8. The van der Waals surface area contributed by atoms with E-state index in [1.807, 2.05) is 80.6 Å². The number of benzene rings is 4. The van der Waals surface area contributed by atoms with Crippen LogP contribution in [0.5, 0.6) is 17.2 Å². The number of aromatic nitrogens is 3. The number of ether oxygens (including phenoxy) is 3. The largest absolute Gasteiger partial charge is 0.495 e. The third-order valence-electron chi connectivity index (χ3n) is 8.03. The quantitative estimate of drug-likeness (QED) is 0.122. The minimum atomic E-state index is -0.672. The molecule has 49 heavy (non-hydrogen) atoms. The van der Waals surface area contributed by atoms with Gasteiger partial charge in [-0.2, -0.15) is 4.98 Å². The van der Waals surface area contributed by atoms with Crippen LogP contribution in [-0.2, 0) is 17.2 Å². The van der Waals surface area contributed by atoms with Crippen LogP contribution in [0.1, 0.15) is 42.1 Å². The average molecular weight is 761 g/mol. The highest BCUT2D eigenvalue weighted by atomic mass is 79.9. The van der Waals surface area contributed by atoms with Gasteiger partial charge in [-0.05, 0) is 89.3 Å². The average Bonchev–Trinajstić information content (AvgIpc) is 3.50. The van der Waals surface area contributed by atoms with Crippen LogP contribution in [0.3, 0.4) is 0 Å². The second kappa shape index (κ2) is 15.4. The van der Waals surface area contributed by atoms with Gasteiger partial charge in [-0.15, -0.1) is 5.10 Å². The molecule has 0 fully saturated rings. The third-order valence-corrected chi connectivity index (χ3v) is 9.87. The van der Waals surface area contributed by atoms with E-state index in [-0.39, 0.29) is 5.91 Å². The van der Waals surface area contributed by atoms with Gasteiger partial charge in [0, 0.05) is 16.5 Å². The Kier molecular flexibility index (Phi) is 10.8. The lowest BCUT2D eigenvalue weighted by Crippen LogP contribution is -2.31. The van der Waals surface area contributed by atoms with E-state index >= 15 is 0 Å². The number of anilines is 2. The summed E-state index contributed by atoms with van der Waals surface area (Å²) < 4.78 is 20.4. The fraction of sp³-hybridized carbons (Fsp3) is 0.216. The normalized spacial score (nSPS) is 13.8. The van der Waals surface area contributed by atoms with E-state index in [9.17, 15) is 4.79 Å². The summed E-state index contributed by atoms with van der Waals surface area (Å²) in [5.74, 6) is 2.42. The number of rotatable bonds is 12. The molecule has 6 rings (SSSR count). The number of nitrogens with zero attached hydrogens (tertiary/aromatic N) is 3. The summed E-state index contributed by atoms with van der Waals surface area (Å²) in [5, 5.41) is 12.5. The number of aryl methyl sites for hydroxylation is 1. The van der Waals surface area contributed by atoms with Gasteiger partial charge < -0.3 is 24.8 Å².